The van der Waals surface area contributed by atoms with Gasteiger partial charge in [-0.2, -0.15) is 0 Å². The van der Waals surface area contributed by atoms with E-state index in [0.717, 1.165) is 6.07 Å². The molecular formula is C13H15N3O6. The smallest absolute Gasteiger partial charge is 0.433 e. The second kappa shape index (κ2) is 5.88. The van der Waals surface area contributed by atoms with Crippen molar-refractivity contribution in [1.82, 2.24) is 10.2 Å². The van der Waals surface area contributed by atoms with E-state index in [0.29, 0.717) is 5.70 Å². The Morgan fingerprint density at radius 2 is 2.23 bits per heavy atom. The number of urea groups is 1. The third kappa shape index (κ3) is 2.65. The van der Waals surface area contributed by atoms with Crippen LogP contribution >= 0.6 is 0 Å². The molecule has 0 saturated heterocycles. The summed E-state index contributed by atoms with van der Waals surface area (Å²) in [6.07, 6.45) is 0. The standard InChI is InChI=1S/C13H15N3O6/c1-4-21-12(17)10-7(2)15(3)13(18)14-11(10)8-5-6-9(22-8)16(19)20/h5-6,11H,4H2,1-3H3,(H,14,18)/t11-/m0/s1. The lowest BCUT2D eigenvalue weighted by Crippen LogP contribution is -2.46. The maximum Gasteiger partial charge on any atom is 0.433 e. The van der Waals surface area contributed by atoms with Crippen LogP contribution in [0.15, 0.2) is 27.8 Å². The first-order valence-electron chi connectivity index (χ1n) is 6.53. The van der Waals surface area contributed by atoms with Crippen LogP contribution in [0.3, 0.4) is 0 Å². The van der Waals surface area contributed by atoms with Gasteiger partial charge in [-0.25, -0.2) is 9.59 Å². The first-order chi connectivity index (χ1) is 10.4. The molecule has 0 spiro atoms. The number of amides is 2. The normalized spacial score (nSPS) is 18.2. The van der Waals surface area contributed by atoms with Crippen molar-refractivity contribution in [3.05, 3.63) is 39.3 Å². The Labute approximate surface area is 125 Å². The third-order valence-corrected chi connectivity index (χ3v) is 3.33. The Morgan fingerprint density at radius 3 is 2.77 bits per heavy atom. The van der Waals surface area contributed by atoms with E-state index in [1.54, 1.807) is 13.8 Å². The highest BCUT2D eigenvalue weighted by molar-refractivity contribution is 5.94. The molecule has 0 bridgehead atoms. The zero-order valence-electron chi connectivity index (χ0n) is 12.3. The lowest BCUT2D eigenvalue weighted by molar-refractivity contribution is -0.402. The summed E-state index contributed by atoms with van der Waals surface area (Å²) in [4.78, 5) is 35.3. The van der Waals surface area contributed by atoms with E-state index >= 15 is 0 Å². The average molecular weight is 309 g/mol. The molecule has 9 nitrogen and oxygen atoms in total. The zero-order chi connectivity index (χ0) is 16.4. The Kier molecular flexibility index (Phi) is 4.15. The van der Waals surface area contributed by atoms with Crippen molar-refractivity contribution >= 4 is 17.9 Å². The molecule has 0 aliphatic carbocycles. The summed E-state index contributed by atoms with van der Waals surface area (Å²) in [7, 11) is 1.50. The van der Waals surface area contributed by atoms with Crippen molar-refractivity contribution in [1.29, 1.82) is 0 Å². The second-order valence-corrected chi connectivity index (χ2v) is 4.59. The van der Waals surface area contributed by atoms with E-state index < -0.39 is 28.8 Å². The van der Waals surface area contributed by atoms with Crippen LogP contribution in [-0.4, -0.2) is 35.5 Å². The molecule has 2 amide bonds. The van der Waals surface area contributed by atoms with Crippen LogP contribution in [-0.2, 0) is 9.53 Å². The molecule has 1 N–H and O–H groups in total. The number of esters is 1. The van der Waals surface area contributed by atoms with Crippen LogP contribution in [0.2, 0.25) is 0 Å². The third-order valence-electron chi connectivity index (χ3n) is 3.33. The van der Waals surface area contributed by atoms with Crippen molar-refractivity contribution in [2.24, 2.45) is 0 Å². The molecule has 1 aliphatic rings. The van der Waals surface area contributed by atoms with Crippen molar-refractivity contribution in [3.8, 4) is 0 Å². The predicted octanol–water partition coefficient (Wildman–Crippen LogP) is 1.72. The molecule has 9 heteroatoms. The van der Waals surface area contributed by atoms with Gasteiger partial charge in [0.05, 0.1) is 18.2 Å². The van der Waals surface area contributed by atoms with Crippen molar-refractivity contribution in [3.63, 3.8) is 0 Å². The van der Waals surface area contributed by atoms with Crippen LogP contribution in [0, 0.1) is 10.1 Å². The fourth-order valence-corrected chi connectivity index (χ4v) is 2.12. The minimum Gasteiger partial charge on any atom is -0.463 e. The van der Waals surface area contributed by atoms with Gasteiger partial charge in [0.25, 0.3) is 0 Å². The predicted molar refractivity (Wildman–Crippen MR) is 73.7 cm³/mol. The van der Waals surface area contributed by atoms with Crippen LogP contribution in [0.5, 0.6) is 0 Å². The van der Waals surface area contributed by atoms with E-state index in [1.165, 1.54) is 18.0 Å². The van der Waals surface area contributed by atoms with Crippen molar-refractivity contribution in [2.45, 2.75) is 19.9 Å². The van der Waals surface area contributed by atoms with Crippen LogP contribution < -0.4 is 5.32 Å². The maximum atomic E-state index is 12.2. The first-order valence-corrected chi connectivity index (χ1v) is 6.53. The topological polar surface area (TPSA) is 115 Å². The number of hydrogen-bond donors (Lipinski definition) is 1. The Hall–Kier alpha value is -2.84. The van der Waals surface area contributed by atoms with Crippen LogP contribution in [0.4, 0.5) is 10.7 Å². The molecule has 22 heavy (non-hydrogen) atoms. The number of furan rings is 1. The summed E-state index contributed by atoms with van der Waals surface area (Å²) < 4.78 is 10.1. The van der Waals surface area contributed by atoms with Gasteiger partial charge in [0.1, 0.15) is 16.7 Å². The largest absolute Gasteiger partial charge is 0.463 e. The molecule has 1 atom stereocenters. The van der Waals surface area contributed by atoms with Crippen molar-refractivity contribution < 1.29 is 23.7 Å². The number of nitrogens with one attached hydrogen (secondary N) is 1. The van der Waals surface area contributed by atoms with Crippen LogP contribution in [0.25, 0.3) is 0 Å². The average Bonchev–Trinajstić information content (AvgIpc) is 2.94. The number of rotatable bonds is 4. The summed E-state index contributed by atoms with van der Waals surface area (Å²) in [6, 6.07) is 1.13. The molecule has 2 rings (SSSR count). The number of allylic oxidation sites excluding steroid dienone is 1. The van der Waals surface area contributed by atoms with Gasteiger partial charge < -0.3 is 19.4 Å². The summed E-state index contributed by atoms with van der Waals surface area (Å²) >= 11 is 0. The lowest BCUT2D eigenvalue weighted by atomic mass is 10.0. The molecule has 0 unspecified atom stereocenters. The number of nitrogens with zero attached hydrogens (tertiary/aromatic N) is 2. The van der Waals surface area contributed by atoms with E-state index in [2.05, 4.69) is 5.32 Å². The highest BCUT2D eigenvalue weighted by Crippen LogP contribution is 2.32. The van der Waals surface area contributed by atoms with E-state index in [9.17, 15) is 19.7 Å². The summed E-state index contributed by atoms with van der Waals surface area (Å²) in [5.74, 6) is -0.990. The lowest BCUT2D eigenvalue weighted by Gasteiger charge is -2.31. The molecule has 0 aromatic carbocycles. The Morgan fingerprint density at radius 1 is 1.55 bits per heavy atom. The number of hydrogen-bond acceptors (Lipinski definition) is 6. The molecule has 1 aromatic heterocycles. The van der Waals surface area contributed by atoms with E-state index in [1.807, 2.05) is 0 Å². The molecule has 0 radical (unpaired) electrons. The van der Waals surface area contributed by atoms with Gasteiger partial charge in [-0.1, -0.05) is 0 Å². The van der Waals surface area contributed by atoms with Gasteiger partial charge in [0.2, 0.25) is 0 Å². The minimum atomic E-state index is -0.934. The molecule has 1 aromatic rings. The fourth-order valence-electron chi connectivity index (χ4n) is 2.12. The summed E-state index contributed by atoms with van der Waals surface area (Å²) in [5.41, 5.74) is 0.569. The SMILES string of the molecule is CCOC(=O)C1=C(C)N(C)C(=O)N[C@H]1c1ccc([N+](=O)[O-])o1. The summed E-state index contributed by atoms with van der Waals surface area (Å²) in [5, 5.41) is 13.3. The molecule has 0 saturated carbocycles. The molecule has 2 heterocycles. The van der Waals surface area contributed by atoms with E-state index in [4.69, 9.17) is 9.15 Å². The molecule has 118 valence electrons. The maximum absolute atomic E-state index is 12.2. The number of nitro groups is 1. The highest BCUT2D eigenvalue weighted by atomic mass is 16.6. The Balaban J connectivity index is 2.48. The Bertz CT molecular complexity index is 662. The fraction of sp³-hybridized carbons (Fsp3) is 0.385. The molecular weight excluding hydrogens is 294 g/mol. The summed E-state index contributed by atoms with van der Waals surface area (Å²) in [6.45, 7) is 3.42. The number of ether oxygens (including phenoxy) is 1. The van der Waals surface area contributed by atoms with Gasteiger partial charge in [0, 0.05) is 12.7 Å². The quantitative estimate of drug-likeness (QED) is 0.514. The number of carbonyl (C=O) groups excluding carboxylic acids is 2. The van der Waals surface area contributed by atoms with Gasteiger partial charge in [-0.15, -0.1) is 0 Å². The zero-order valence-corrected chi connectivity index (χ0v) is 12.3. The first kappa shape index (κ1) is 15.5. The molecule has 1 aliphatic heterocycles. The second-order valence-electron chi connectivity index (χ2n) is 4.59. The molecule has 0 fully saturated rings. The minimum absolute atomic E-state index is 0.0931. The van der Waals surface area contributed by atoms with Gasteiger partial charge in [-0.05, 0) is 19.9 Å². The van der Waals surface area contributed by atoms with E-state index in [-0.39, 0.29) is 17.9 Å². The van der Waals surface area contributed by atoms with Crippen molar-refractivity contribution in [2.75, 3.05) is 13.7 Å². The number of carbonyl (C=O) groups is 2. The van der Waals surface area contributed by atoms with Gasteiger partial charge >= 0.3 is 17.9 Å². The van der Waals surface area contributed by atoms with Gasteiger partial charge in [0.15, 0.2) is 0 Å². The highest BCUT2D eigenvalue weighted by Gasteiger charge is 2.37. The van der Waals surface area contributed by atoms with Gasteiger partial charge in [-0.3, -0.25) is 10.1 Å². The van der Waals surface area contributed by atoms with Crippen LogP contribution in [0.1, 0.15) is 25.6 Å². The monoisotopic (exact) mass is 309 g/mol.